The van der Waals surface area contributed by atoms with Crippen LogP contribution < -0.4 is 0 Å². The van der Waals surface area contributed by atoms with Crippen LogP contribution in [-0.4, -0.2) is 26.4 Å². The third-order valence-electron chi connectivity index (χ3n) is 3.23. The predicted octanol–water partition coefficient (Wildman–Crippen LogP) is 0.742. The Morgan fingerprint density at radius 3 is 2.80 bits per heavy atom. The Morgan fingerprint density at radius 1 is 1.73 bits per heavy atom. The summed E-state index contributed by atoms with van der Waals surface area (Å²) in [5, 5.41) is 24.1. The van der Waals surface area contributed by atoms with E-state index in [-0.39, 0.29) is 12.3 Å². The van der Waals surface area contributed by atoms with E-state index in [2.05, 4.69) is 5.10 Å². The van der Waals surface area contributed by atoms with Crippen LogP contribution in [0.1, 0.15) is 25.0 Å². The van der Waals surface area contributed by atoms with Gasteiger partial charge in [0.2, 0.25) is 0 Å². The number of rotatable bonds is 3. The molecule has 0 spiro atoms. The molecule has 6 nitrogen and oxygen atoms in total. The molecule has 1 heterocycles. The molecular formula is C9H13N3O3. The van der Waals surface area contributed by atoms with Crippen molar-refractivity contribution >= 4 is 5.69 Å². The number of aromatic nitrogens is 2. The van der Waals surface area contributed by atoms with Crippen molar-refractivity contribution in [2.75, 3.05) is 6.61 Å². The molecule has 0 bridgehead atoms. The van der Waals surface area contributed by atoms with Gasteiger partial charge in [-0.2, -0.15) is 5.10 Å². The predicted molar refractivity (Wildman–Crippen MR) is 52.5 cm³/mol. The lowest BCUT2D eigenvalue weighted by Gasteiger charge is -2.39. The zero-order valence-corrected chi connectivity index (χ0v) is 8.51. The van der Waals surface area contributed by atoms with Gasteiger partial charge in [0.25, 0.3) is 0 Å². The Bertz CT molecular complexity index is 390. The number of aliphatic hydroxyl groups excluding tert-OH is 1. The maximum Gasteiger partial charge on any atom is 0.310 e. The van der Waals surface area contributed by atoms with Gasteiger partial charge in [-0.1, -0.05) is 6.42 Å². The van der Waals surface area contributed by atoms with Crippen molar-refractivity contribution in [1.82, 2.24) is 9.78 Å². The van der Waals surface area contributed by atoms with Crippen molar-refractivity contribution in [2.45, 2.75) is 24.7 Å². The Morgan fingerprint density at radius 2 is 2.40 bits per heavy atom. The number of hydrogen-bond acceptors (Lipinski definition) is 4. The van der Waals surface area contributed by atoms with Crippen LogP contribution in [0.25, 0.3) is 0 Å². The lowest BCUT2D eigenvalue weighted by Crippen LogP contribution is -2.40. The maximum absolute atomic E-state index is 10.8. The van der Waals surface area contributed by atoms with Gasteiger partial charge in [-0.3, -0.25) is 14.8 Å². The molecule has 0 atom stereocenters. The largest absolute Gasteiger partial charge is 0.395 e. The quantitative estimate of drug-likeness (QED) is 0.590. The molecule has 1 fully saturated rings. The molecule has 1 aromatic heterocycles. The van der Waals surface area contributed by atoms with Gasteiger partial charge in [-0.15, -0.1) is 0 Å². The molecular weight excluding hydrogens is 198 g/mol. The molecule has 0 amide bonds. The minimum atomic E-state index is -0.437. The first-order chi connectivity index (χ1) is 7.10. The molecule has 0 radical (unpaired) electrons. The van der Waals surface area contributed by atoms with Gasteiger partial charge in [-0.25, -0.2) is 0 Å². The highest BCUT2D eigenvalue weighted by Gasteiger charge is 2.45. The summed E-state index contributed by atoms with van der Waals surface area (Å²) in [4.78, 5) is 10.4. The van der Waals surface area contributed by atoms with E-state index in [1.165, 1.54) is 10.9 Å². The average molecular weight is 211 g/mol. The fourth-order valence-corrected chi connectivity index (χ4v) is 2.25. The van der Waals surface area contributed by atoms with Crippen LogP contribution in [-0.2, 0) is 12.5 Å². The molecule has 15 heavy (non-hydrogen) atoms. The zero-order chi connectivity index (χ0) is 11.1. The zero-order valence-electron chi connectivity index (χ0n) is 8.51. The summed E-state index contributed by atoms with van der Waals surface area (Å²) in [6, 6.07) is 0. The van der Waals surface area contributed by atoms with E-state index >= 15 is 0 Å². The first-order valence-corrected chi connectivity index (χ1v) is 4.88. The summed E-state index contributed by atoms with van der Waals surface area (Å²) in [6.45, 7) is -0.0482. The maximum atomic E-state index is 10.8. The average Bonchev–Trinajstić information content (AvgIpc) is 2.48. The Balaban J connectivity index is 2.50. The second-order valence-corrected chi connectivity index (χ2v) is 4.05. The van der Waals surface area contributed by atoms with E-state index in [1.807, 2.05) is 0 Å². The summed E-state index contributed by atoms with van der Waals surface area (Å²) >= 11 is 0. The minimum Gasteiger partial charge on any atom is -0.395 e. The molecule has 82 valence electrons. The Hall–Kier alpha value is -1.43. The van der Waals surface area contributed by atoms with Gasteiger partial charge in [-0.05, 0) is 12.8 Å². The van der Waals surface area contributed by atoms with Gasteiger partial charge in [0, 0.05) is 12.5 Å². The van der Waals surface area contributed by atoms with Crippen LogP contribution >= 0.6 is 0 Å². The molecule has 0 saturated heterocycles. The van der Waals surface area contributed by atoms with Crippen molar-refractivity contribution in [2.24, 2.45) is 7.05 Å². The fraction of sp³-hybridized carbons (Fsp3) is 0.667. The number of nitrogens with zero attached hydrogens (tertiary/aromatic N) is 3. The third kappa shape index (κ3) is 1.32. The van der Waals surface area contributed by atoms with E-state index in [0.717, 1.165) is 19.3 Å². The SMILES string of the molecule is Cn1ncc([N+](=O)[O-])c1C1(CO)CCC1. The monoisotopic (exact) mass is 211 g/mol. The topological polar surface area (TPSA) is 81.2 Å². The van der Waals surface area contributed by atoms with E-state index < -0.39 is 10.3 Å². The van der Waals surface area contributed by atoms with E-state index in [9.17, 15) is 15.2 Å². The van der Waals surface area contributed by atoms with Crippen LogP contribution in [0.15, 0.2) is 6.20 Å². The molecule has 1 N–H and O–H groups in total. The van der Waals surface area contributed by atoms with Gasteiger partial charge < -0.3 is 5.11 Å². The van der Waals surface area contributed by atoms with Gasteiger partial charge >= 0.3 is 5.69 Å². The summed E-state index contributed by atoms with van der Waals surface area (Å²) in [5.74, 6) is 0. The smallest absolute Gasteiger partial charge is 0.310 e. The molecule has 0 aromatic carbocycles. The first kappa shape index (κ1) is 10.1. The molecule has 1 aliphatic carbocycles. The highest BCUT2D eigenvalue weighted by atomic mass is 16.6. The lowest BCUT2D eigenvalue weighted by molar-refractivity contribution is -0.386. The summed E-state index contributed by atoms with van der Waals surface area (Å²) in [7, 11) is 1.68. The van der Waals surface area contributed by atoms with Crippen LogP contribution in [0.3, 0.4) is 0 Å². The van der Waals surface area contributed by atoms with Crippen LogP contribution in [0.5, 0.6) is 0 Å². The first-order valence-electron chi connectivity index (χ1n) is 4.88. The molecule has 1 aliphatic rings. The van der Waals surface area contributed by atoms with E-state index in [4.69, 9.17) is 0 Å². The number of nitro groups is 1. The number of aryl methyl sites for hydroxylation is 1. The summed E-state index contributed by atoms with van der Waals surface area (Å²) < 4.78 is 1.51. The normalized spacial score (nSPS) is 18.5. The molecule has 0 aliphatic heterocycles. The van der Waals surface area contributed by atoms with Gasteiger partial charge in [0.05, 0.1) is 11.5 Å². The van der Waals surface area contributed by atoms with Crippen LogP contribution in [0, 0.1) is 10.1 Å². The standard InChI is InChI=1S/C9H13N3O3/c1-11-8(7(5-10-11)12(14)15)9(6-13)3-2-4-9/h5,13H,2-4,6H2,1H3. The van der Waals surface area contributed by atoms with Crippen molar-refractivity contribution in [3.05, 3.63) is 22.0 Å². The van der Waals surface area contributed by atoms with Crippen molar-refractivity contribution in [3.8, 4) is 0 Å². The van der Waals surface area contributed by atoms with Gasteiger partial charge in [0.15, 0.2) is 0 Å². The van der Waals surface area contributed by atoms with Crippen molar-refractivity contribution < 1.29 is 10.0 Å². The van der Waals surface area contributed by atoms with Gasteiger partial charge in [0.1, 0.15) is 11.9 Å². The molecule has 1 aromatic rings. The van der Waals surface area contributed by atoms with Crippen LogP contribution in [0.2, 0.25) is 0 Å². The van der Waals surface area contributed by atoms with E-state index in [0.29, 0.717) is 5.69 Å². The lowest BCUT2D eigenvalue weighted by atomic mass is 9.67. The van der Waals surface area contributed by atoms with Crippen molar-refractivity contribution in [1.29, 1.82) is 0 Å². The highest BCUT2D eigenvalue weighted by Crippen LogP contribution is 2.46. The second-order valence-electron chi connectivity index (χ2n) is 4.05. The molecule has 6 heteroatoms. The Kier molecular flexibility index (Phi) is 2.22. The Labute approximate surface area is 86.7 Å². The summed E-state index contributed by atoms with van der Waals surface area (Å²) in [6.07, 6.45) is 3.85. The second kappa shape index (κ2) is 3.30. The number of hydrogen-bond donors (Lipinski definition) is 1. The highest BCUT2D eigenvalue weighted by molar-refractivity contribution is 5.40. The van der Waals surface area contributed by atoms with Crippen LogP contribution in [0.4, 0.5) is 5.69 Å². The minimum absolute atomic E-state index is 0.0197. The molecule has 0 unspecified atom stereocenters. The van der Waals surface area contributed by atoms with Crippen molar-refractivity contribution in [3.63, 3.8) is 0 Å². The number of aliphatic hydroxyl groups is 1. The fourth-order valence-electron chi connectivity index (χ4n) is 2.25. The molecule has 1 saturated carbocycles. The third-order valence-corrected chi connectivity index (χ3v) is 3.23. The molecule has 2 rings (SSSR count). The summed E-state index contributed by atoms with van der Waals surface area (Å²) in [5.41, 5.74) is 0.140. The van der Waals surface area contributed by atoms with E-state index in [1.54, 1.807) is 7.05 Å².